The van der Waals surface area contributed by atoms with Gasteiger partial charge in [-0.3, -0.25) is 0 Å². The second-order valence-electron chi connectivity index (χ2n) is 10.3. The van der Waals surface area contributed by atoms with Gasteiger partial charge in [-0.15, -0.1) is 0 Å². The van der Waals surface area contributed by atoms with Gasteiger partial charge in [-0.1, -0.05) is 0 Å². The van der Waals surface area contributed by atoms with Gasteiger partial charge in [-0.2, -0.15) is 0 Å². The maximum absolute atomic E-state index is 2.62. The molecule has 4 unspecified atom stereocenters. The summed E-state index contributed by atoms with van der Waals surface area (Å²) in [4.78, 5) is 12.2. The zero-order valence-electron chi connectivity index (χ0n) is 9.37. The predicted molar refractivity (Wildman–Crippen MR) is 56.0 cm³/mol. The Morgan fingerprint density at radius 3 is 1.27 bits per heavy atom. The fraction of sp³-hybridized carbons (Fsp3) is 1.00. The molecule has 10 fully saturated rings. The van der Waals surface area contributed by atoms with Crippen LogP contribution in [0.2, 0.25) is 47.5 Å². The molecule has 0 aliphatic carbocycles. The molecule has 10 saturated heterocycles. The standard InChI is InChI=1S/C9H13.C5H5.Co/c1-3-8-6-5-7-9(8)4-2;1-2-4-5-3-1;/h5-7H,3-4H2,1-2H3;1-5H;. The van der Waals surface area contributed by atoms with Crippen LogP contribution in [0.3, 0.4) is 0 Å². The summed E-state index contributed by atoms with van der Waals surface area (Å²) in [5.41, 5.74) is 0. The maximum atomic E-state index is 2.61. The third-order valence-electron chi connectivity index (χ3n) is 15.7. The molecule has 0 aromatic heterocycles. The first-order chi connectivity index (χ1) is 7.06. The molecule has 1 heteroatoms. The van der Waals surface area contributed by atoms with E-state index in [2.05, 4.69) is 13.8 Å². The van der Waals surface area contributed by atoms with Crippen molar-refractivity contribution in [3.05, 3.63) is 0 Å². The Labute approximate surface area is 80.7 Å². The van der Waals surface area contributed by atoms with Gasteiger partial charge in [0.15, 0.2) is 0 Å². The van der Waals surface area contributed by atoms with Gasteiger partial charge in [0, 0.05) is 0 Å². The third kappa shape index (κ3) is 0.0416. The number of fused-ring (bicyclic) bond motifs is 10. The number of hydrogen-bond acceptors (Lipinski definition) is 0. The van der Waals surface area contributed by atoms with Crippen molar-refractivity contribution in [2.75, 3.05) is 0 Å². The molecule has 0 bridgehead atoms. The fourth-order valence-corrected chi connectivity index (χ4v) is 91.8. The summed E-state index contributed by atoms with van der Waals surface area (Å²) in [7, 11) is 0. The van der Waals surface area contributed by atoms with Crippen LogP contribution in [0.1, 0.15) is 26.7 Å². The minimum absolute atomic E-state index is 1.18. The van der Waals surface area contributed by atoms with Crippen LogP contribution in [0.15, 0.2) is 0 Å². The normalized spacial score (nSPS) is 139. The summed E-state index contributed by atoms with van der Waals surface area (Å²) in [6.07, 6.45) is 0.710. The van der Waals surface area contributed by atoms with Crippen LogP contribution >= 0.6 is 0 Å². The summed E-state index contributed by atoms with van der Waals surface area (Å²) in [5.74, 6) is 0. The van der Waals surface area contributed by atoms with E-state index in [9.17, 15) is 0 Å². The van der Waals surface area contributed by atoms with Crippen LogP contribution < -0.4 is 0 Å². The molecule has 0 N–H and O–H groups in total. The molecule has 10 heterocycles. The molecule has 0 amide bonds. The molecule has 83 valence electrons. The van der Waals surface area contributed by atoms with Crippen molar-refractivity contribution in [2.45, 2.75) is 74.2 Å². The van der Waals surface area contributed by atoms with Gasteiger partial charge < -0.3 is 0 Å². The van der Waals surface area contributed by atoms with E-state index in [0.29, 0.717) is 0 Å². The van der Waals surface area contributed by atoms with Crippen LogP contribution in [-0.2, 0) is 6.37 Å². The second kappa shape index (κ2) is 0.379. The van der Waals surface area contributed by atoms with Crippen molar-refractivity contribution in [1.82, 2.24) is 0 Å². The zero-order valence-corrected chi connectivity index (χ0v) is 10.4. The zero-order chi connectivity index (χ0) is 9.35. The fourth-order valence-electron chi connectivity index (χ4n) is 18.5. The molecule has 10 aliphatic rings. The summed E-state index contributed by atoms with van der Waals surface area (Å²) >= 11 is 0. The minimum atomic E-state index is -2.62. The molecule has 0 nitrogen and oxygen atoms in total. The van der Waals surface area contributed by atoms with Crippen LogP contribution in [0.25, 0.3) is 0 Å². The Bertz CT molecular complexity index is 844. The van der Waals surface area contributed by atoms with Crippen molar-refractivity contribution in [3.63, 3.8) is 0 Å². The molecule has 4 atom stereocenters. The molecule has 10 rings (SSSR count). The van der Waals surface area contributed by atoms with Gasteiger partial charge in [0.1, 0.15) is 0 Å². The van der Waals surface area contributed by atoms with Gasteiger partial charge >= 0.3 is 80.6 Å². The topological polar surface area (TPSA) is 0 Å². The first kappa shape index (κ1) is 5.43. The van der Waals surface area contributed by atoms with Crippen molar-refractivity contribution < 1.29 is 6.37 Å². The summed E-state index contributed by atoms with van der Waals surface area (Å²) < 4.78 is 2.35. The van der Waals surface area contributed by atoms with Crippen molar-refractivity contribution >= 4 is 0 Å². The van der Waals surface area contributed by atoms with Gasteiger partial charge in [0.25, 0.3) is 0 Å². The first-order valence-electron chi connectivity index (χ1n) is 7.15. The van der Waals surface area contributed by atoms with Gasteiger partial charge in [0.2, 0.25) is 0 Å². The van der Waals surface area contributed by atoms with E-state index in [1.807, 2.05) is 0 Å². The molecule has 10 aliphatic heterocycles. The van der Waals surface area contributed by atoms with E-state index >= 15 is 0 Å². The monoisotopic (exact) mass is 245 g/mol. The average Bonchev–Trinajstić information content (AvgIpc) is 3.21. The molecule has 0 aromatic carbocycles. The van der Waals surface area contributed by atoms with Crippen LogP contribution in [0.4, 0.5) is 0 Å². The SMILES string of the molecule is CC[C]12[CH]3[CH]4[CH]5[C]1(CC)[Co]43521678[CH]2[CH]1[CH]6[CH]7[CH]28. The second-order valence-corrected chi connectivity index (χ2v) is 32.4. The molecular weight excluding hydrogens is 227 g/mol. The molecule has 0 radical (unpaired) electrons. The van der Waals surface area contributed by atoms with Crippen LogP contribution in [0.5, 0.6) is 0 Å². The van der Waals surface area contributed by atoms with Gasteiger partial charge in [0.05, 0.1) is 0 Å². The molecule has 0 aromatic rings. The molecule has 15 heavy (non-hydrogen) atoms. The number of hydrogen-bond donors (Lipinski definition) is 0. The average molecular weight is 245 g/mol. The van der Waals surface area contributed by atoms with Crippen molar-refractivity contribution in [3.8, 4) is 0 Å². The summed E-state index contributed by atoms with van der Waals surface area (Å²) in [5, 5.41) is 0. The van der Waals surface area contributed by atoms with Gasteiger partial charge in [-0.25, -0.2) is 0 Å². The van der Waals surface area contributed by atoms with Gasteiger partial charge in [-0.05, 0) is 0 Å². The van der Waals surface area contributed by atoms with Crippen molar-refractivity contribution in [1.29, 1.82) is 0 Å². The van der Waals surface area contributed by atoms with E-state index in [1.165, 1.54) is 47.5 Å². The van der Waals surface area contributed by atoms with E-state index in [0.717, 1.165) is 0 Å². The Hall–Kier alpha value is 0.506. The van der Waals surface area contributed by atoms with E-state index in [-0.39, 0.29) is 0 Å². The Balaban J connectivity index is 1.90. The van der Waals surface area contributed by atoms with E-state index in [1.54, 1.807) is 12.8 Å². The summed E-state index contributed by atoms with van der Waals surface area (Å²) in [6.45, 7) is 5.22. The quantitative estimate of drug-likeness (QED) is 0.646. The van der Waals surface area contributed by atoms with E-state index in [4.69, 9.17) is 0 Å². The third-order valence-corrected chi connectivity index (χ3v) is 57.6. The predicted octanol–water partition coefficient (Wildman–Crippen LogP) is 4.94. The van der Waals surface area contributed by atoms with Crippen LogP contribution in [-0.4, -0.2) is 0 Å². The molecule has 0 saturated carbocycles. The molecular formula is C14H18Co. The summed E-state index contributed by atoms with van der Waals surface area (Å²) in [6, 6.07) is 0. The Morgan fingerprint density at radius 2 is 1.13 bits per heavy atom. The Morgan fingerprint density at radius 1 is 0.733 bits per heavy atom. The molecule has 1 spiro atoms. The van der Waals surface area contributed by atoms with Crippen LogP contribution in [0, 0.1) is 0 Å². The first-order valence-corrected chi connectivity index (χ1v) is 13.0. The Kier molecular flexibility index (Phi) is 0.137. The van der Waals surface area contributed by atoms with Crippen molar-refractivity contribution in [2.24, 2.45) is 0 Å². The number of rotatable bonds is 2. The van der Waals surface area contributed by atoms with E-state index < -0.39 is 6.37 Å².